The molecule has 0 aliphatic carbocycles. The molecule has 154 valence electrons. The Labute approximate surface area is 175 Å². The number of methoxy groups -OCH3 is 2. The SMILES string of the molecule is CCOc1ccc(-c2nn(C[NH+](C)Cc3ccc(OC)c(OC)c3)c(=S)o2)cc1. The minimum atomic E-state index is 0.348. The Morgan fingerprint density at radius 3 is 2.45 bits per heavy atom. The second-order valence-electron chi connectivity index (χ2n) is 6.61. The van der Waals surface area contributed by atoms with Gasteiger partial charge in [0.05, 0.1) is 27.9 Å². The predicted molar refractivity (Wildman–Crippen MR) is 112 cm³/mol. The van der Waals surface area contributed by atoms with E-state index in [9.17, 15) is 0 Å². The van der Waals surface area contributed by atoms with Gasteiger partial charge in [-0.2, -0.15) is 4.68 Å². The van der Waals surface area contributed by atoms with Gasteiger partial charge in [-0.25, -0.2) is 0 Å². The third-order valence-electron chi connectivity index (χ3n) is 4.39. The number of nitrogens with one attached hydrogen (secondary N) is 1. The van der Waals surface area contributed by atoms with Crippen LogP contribution in [-0.4, -0.2) is 37.7 Å². The highest BCUT2D eigenvalue weighted by Gasteiger charge is 2.13. The average Bonchev–Trinajstić information content (AvgIpc) is 3.08. The molecule has 0 spiro atoms. The zero-order chi connectivity index (χ0) is 20.8. The zero-order valence-electron chi connectivity index (χ0n) is 17.1. The topological polar surface area (TPSA) is 63.1 Å². The molecule has 0 radical (unpaired) electrons. The first-order chi connectivity index (χ1) is 14.0. The molecule has 3 aromatic rings. The van der Waals surface area contributed by atoms with Crippen molar-refractivity contribution in [1.82, 2.24) is 9.78 Å². The van der Waals surface area contributed by atoms with Crippen molar-refractivity contribution >= 4 is 12.2 Å². The molecule has 0 saturated carbocycles. The summed E-state index contributed by atoms with van der Waals surface area (Å²) in [4.78, 5) is 1.54. The average molecular weight is 417 g/mol. The molecule has 3 rings (SSSR count). The molecule has 8 heteroatoms. The molecule has 1 heterocycles. The van der Waals surface area contributed by atoms with Crippen LogP contribution in [0.1, 0.15) is 12.5 Å². The van der Waals surface area contributed by atoms with Gasteiger partial charge >= 0.3 is 0 Å². The second kappa shape index (κ2) is 9.58. The second-order valence-corrected chi connectivity index (χ2v) is 6.96. The van der Waals surface area contributed by atoms with Gasteiger partial charge in [0.25, 0.3) is 4.84 Å². The largest absolute Gasteiger partial charge is 0.494 e. The smallest absolute Gasteiger partial charge is 0.292 e. The van der Waals surface area contributed by atoms with Gasteiger partial charge in [-0.3, -0.25) is 0 Å². The van der Waals surface area contributed by atoms with Crippen LogP contribution in [0.15, 0.2) is 46.9 Å². The van der Waals surface area contributed by atoms with E-state index in [1.54, 1.807) is 18.9 Å². The van der Waals surface area contributed by atoms with Crippen molar-refractivity contribution in [2.45, 2.75) is 20.1 Å². The first-order valence-electron chi connectivity index (χ1n) is 9.37. The summed E-state index contributed by atoms with van der Waals surface area (Å²) in [6.45, 7) is 3.93. The number of aromatic nitrogens is 2. The lowest BCUT2D eigenvalue weighted by molar-refractivity contribution is -0.917. The molecule has 1 atom stereocenters. The van der Waals surface area contributed by atoms with Gasteiger partial charge in [0.2, 0.25) is 5.89 Å². The molecule has 0 bridgehead atoms. The van der Waals surface area contributed by atoms with Crippen LogP contribution in [0, 0.1) is 4.84 Å². The Morgan fingerprint density at radius 2 is 1.79 bits per heavy atom. The third kappa shape index (κ3) is 5.16. The molecular formula is C21H26N3O4S+. The Balaban J connectivity index is 1.69. The highest BCUT2D eigenvalue weighted by molar-refractivity contribution is 7.71. The molecule has 1 N–H and O–H groups in total. The van der Waals surface area contributed by atoms with Crippen LogP contribution < -0.4 is 19.1 Å². The van der Waals surface area contributed by atoms with Crippen LogP contribution in [0.5, 0.6) is 17.2 Å². The maximum atomic E-state index is 5.69. The molecule has 1 unspecified atom stereocenters. The van der Waals surface area contributed by atoms with Gasteiger partial charge in [-0.05, 0) is 61.6 Å². The van der Waals surface area contributed by atoms with Crippen LogP contribution in [0.2, 0.25) is 0 Å². The van der Waals surface area contributed by atoms with E-state index in [0.29, 0.717) is 35.5 Å². The number of benzene rings is 2. The van der Waals surface area contributed by atoms with Crippen LogP contribution in [0.4, 0.5) is 0 Å². The Morgan fingerprint density at radius 1 is 1.07 bits per heavy atom. The van der Waals surface area contributed by atoms with Crippen molar-refractivity contribution < 1.29 is 23.5 Å². The summed E-state index contributed by atoms with van der Waals surface area (Å²) < 4.78 is 23.5. The van der Waals surface area contributed by atoms with Crippen molar-refractivity contribution in [3.8, 4) is 28.7 Å². The normalized spacial score (nSPS) is 11.9. The summed E-state index contributed by atoms with van der Waals surface area (Å²) in [6, 6.07) is 13.5. The van der Waals surface area contributed by atoms with Crippen LogP contribution >= 0.6 is 12.2 Å². The van der Waals surface area contributed by atoms with Crippen molar-refractivity contribution in [2.75, 3.05) is 27.9 Å². The molecule has 0 aliphatic rings. The van der Waals surface area contributed by atoms with Gasteiger partial charge in [-0.15, -0.1) is 5.10 Å². The van der Waals surface area contributed by atoms with Gasteiger partial charge in [0.15, 0.2) is 18.2 Å². The molecule has 0 aliphatic heterocycles. The molecule has 7 nitrogen and oxygen atoms in total. The molecular weight excluding hydrogens is 390 g/mol. The number of hydrogen-bond acceptors (Lipinski definition) is 6. The summed E-state index contributed by atoms with van der Waals surface area (Å²) in [5, 5.41) is 4.54. The Bertz CT molecular complexity index is 998. The van der Waals surface area contributed by atoms with E-state index < -0.39 is 0 Å². The molecule has 0 amide bonds. The number of hydrogen-bond donors (Lipinski definition) is 1. The van der Waals surface area contributed by atoms with E-state index in [2.05, 4.69) is 12.1 Å². The van der Waals surface area contributed by atoms with Gasteiger partial charge in [-0.1, -0.05) is 0 Å². The molecule has 0 saturated heterocycles. The van der Waals surface area contributed by atoms with E-state index in [4.69, 9.17) is 30.8 Å². The molecule has 1 aromatic heterocycles. The fourth-order valence-corrected chi connectivity index (χ4v) is 3.22. The van der Waals surface area contributed by atoms with Crippen molar-refractivity contribution in [3.63, 3.8) is 0 Å². The van der Waals surface area contributed by atoms with E-state index in [1.807, 2.05) is 49.4 Å². The fraction of sp³-hybridized carbons (Fsp3) is 0.333. The Kier molecular flexibility index (Phi) is 6.90. The summed E-state index contributed by atoms with van der Waals surface area (Å²) in [7, 11) is 5.34. The number of nitrogens with zero attached hydrogens (tertiary/aromatic N) is 2. The van der Waals surface area contributed by atoms with Gasteiger partial charge < -0.3 is 23.5 Å². The minimum absolute atomic E-state index is 0.348. The first-order valence-corrected chi connectivity index (χ1v) is 9.78. The standard InChI is InChI=1S/C21H25N3O4S/c1-5-27-17-9-7-16(8-10-17)20-22-24(21(29)28-20)14-23(2)13-15-6-11-18(25-3)19(12-15)26-4/h6-12H,5,13-14H2,1-4H3/p+1. The maximum Gasteiger partial charge on any atom is 0.292 e. The van der Waals surface area contributed by atoms with E-state index in [1.165, 1.54) is 4.90 Å². The monoisotopic (exact) mass is 416 g/mol. The number of quaternary nitrogens is 1. The lowest BCUT2D eigenvalue weighted by Gasteiger charge is -2.15. The lowest BCUT2D eigenvalue weighted by Crippen LogP contribution is -3.07. The first kappa shape index (κ1) is 20.9. The maximum absolute atomic E-state index is 5.69. The van der Waals surface area contributed by atoms with Crippen molar-refractivity contribution in [3.05, 3.63) is 52.9 Å². The summed E-state index contributed by atoms with van der Waals surface area (Å²) in [5.74, 6) is 2.74. The summed E-state index contributed by atoms with van der Waals surface area (Å²) in [5.41, 5.74) is 1.98. The predicted octanol–water partition coefficient (Wildman–Crippen LogP) is 2.96. The molecule has 29 heavy (non-hydrogen) atoms. The van der Waals surface area contributed by atoms with Gasteiger partial charge in [0.1, 0.15) is 12.3 Å². The minimum Gasteiger partial charge on any atom is -0.494 e. The summed E-state index contributed by atoms with van der Waals surface area (Å²) >= 11 is 5.35. The number of rotatable bonds is 9. The van der Waals surface area contributed by atoms with Crippen LogP contribution in [0.25, 0.3) is 11.5 Å². The number of ether oxygens (including phenoxy) is 3. The lowest BCUT2D eigenvalue weighted by atomic mass is 10.2. The molecule has 0 fully saturated rings. The van der Waals surface area contributed by atoms with Crippen molar-refractivity contribution in [2.24, 2.45) is 0 Å². The summed E-state index contributed by atoms with van der Waals surface area (Å²) in [6.07, 6.45) is 0. The van der Waals surface area contributed by atoms with Crippen LogP contribution in [-0.2, 0) is 13.2 Å². The van der Waals surface area contributed by atoms with Crippen molar-refractivity contribution in [1.29, 1.82) is 0 Å². The molecule has 2 aromatic carbocycles. The van der Waals surface area contributed by atoms with Crippen LogP contribution in [0.3, 0.4) is 0 Å². The third-order valence-corrected chi connectivity index (χ3v) is 4.69. The van der Waals surface area contributed by atoms with E-state index >= 15 is 0 Å². The highest BCUT2D eigenvalue weighted by atomic mass is 32.1. The quantitative estimate of drug-likeness (QED) is 0.541. The highest BCUT2D eigenvalue weighted by Crippen LogP contribution is 2.27. The fourth-order valence-electron chi connectivity index (χ4n) is 3.03. The van der Waals surface area contributed by atoms with E-state index in [-0.39, 0.29) is 0 Å². The van der Waals surface area contributed by atoms with Gasteiger partial charge in [0, 0.05) is 11.1 Å². The zero-order valence-corrected chi connectivity index (χ0v) is 17.9. The Hall–Kier alpha value is -2.84. The van der Waals surface area contributed by atoms with E-state index in [0.717, 1.165) is 23.4 Å².